The van der Waals surface area contributed by atoms with Crippen LogP contribution in [0.4, 0.5) is 14.6 Å². The summed E-state index contributed by atoms with van der Waals surface area (Å²) in [7, 11) is 0. The van der Waals surface area contributed by atoms with Crippen molar-refractivity contribution in [2.75, 3.05) is 5.73 Å². The van der Waals surface area contributed by atoms with Gasteiger partial charge in [-0.25, -0.2) is 13.8 Å². The molecule has 0 unspecified atom stereocenters. The Morgan fingerprint density at radius 1 is 1.28 bits per heavy atom. The van der Waals surface area contributed by atoms with Gasteiger partial charge in [0.25, 0.3) is 0 Å². The molecule has 0 saturated heterocycles. The van der Waals surface area contributed by atoms with E-state index in [9.17, 15) is 8.78 Å². The van der Waals surface area contributed by atoms with Gasteiger partial charge in [-0.2, -0.15) is 0 Å². The molecule has 2 N–H and O–H groups in total. The second-order valence-corrected chi connectivity index (χ2v) is 4.65. The molecule has 0 amide bonds. The Bertz CT molecular complexity index is 561. The molecule has 0 aliphatic carbocycles. The van der Waals surface area contributed by atoms with E-state index >= 15 is 0 Å². The maximum absolute atomic E-state index is 13.2. The van der Waals surface area contributed by atoms with E-state index in [1.54, 1.807) is 10.9 Å². The number of hydrogen-bond acceptors (Lipinski definition) is 2. The van der Waals surface area contributed by atoms with E-state index < -0.39 is 11.6 Å². The smallest absolute Gasteiger partial charge is 0.159 e. The van der Waals surface area contributed by atoms with Gasteiger partial charge >= 0.3 is 0 Å². The average Bonchev–Trinajstić information content (AvgIpc) is 2.64. The third kappa shape index (κ3) is 2.34. The van der Waals surface area contributed by atoms with Crippen LogP contribution < -0.4 is 5.73 Å². The van der Waals surface area contributed by atoms with Crippen LogP contribution in [0.5, 0.6) is 0 Å². The number of benzene rings is 1. The van der Waals surface area contributed by atoms with E-state index in [4.69, 9.17) is 5.73 Å². The molecule has 5 heteroatoms. The van der Waals surface area contributed by atoms with Gasteiger partial charge in [-0.3, -0.25) is 0 Å². The minimum atomic E-state index is -0.898. The van der Waals surface area contributed by atoms with E-state index in [-0.39, 0.29) is 0 Å². The lowest BCUT2D eigenvalue weighted by Gasteiger charge is -2.08. The number of hydrogen-bond donors (Lipinski definition) is 1. The van der Waals surface area contributed by atoms with Crippen LogP contribution >= 0.6 is 0 Å². The molecule has 0 radical (unpaired) electrons. The van der Waals surface area contributed by atoms with Crippen LogP contribution in [-0.2, 0) is 6.54 Å². The van der Waals surface area contributed by atoms with Crippen LogP contribution in [-0.4, -0.2) is 9.55 Å². The van der Waals surface area contributed by atoms with Crippen molar-refractivity contribution in [2.24, 2.45) is 5.92 Å². The van der Waals surface area contributed by atoms with Crippen molar-refractivity contribution in [3.05, 3.63) is 36.2 Å². The lowest BCUT2D eigenvalue weighted by molar-refractivity contribution is 0.509. The van der Waals surface area contributed by atoms with Crippen molar-refractivity contribution < 1.29 is 8.78 Å². The van der Waals surface area contributed by atoms with Gasteiger partial charge in [0.1, 0.15) is 11.5 Å². The molecule has 1 aromatic heterocycles. The van der Waals surface area contributed by atoms with Crippen LogP contribution in [0, 0.1) is 17.6 Å². The highest BCUT2D eigenvalue weighted by Crippen LogP contribution is 2.26. The molecule has 3 nitrogen and oxygen atoms in total. The summed E-state index contributed by atoms with van der Waals surface area (Å²) >= 11 is 0. The fourth-order valence-corrected chi connectivity index (χ4v) is 1.80. The molecule has 96 valence electrons. The molecule has 0 bridgehead atoms. The minimum absolute atomic E-state index is 0.430. The van der Waals surface area contributed by atoms with E-state index in [2.05, 4.69) is 18.8 Å². The Morgan fingerprint density at radius 2 is 2.00 bits per heavy atom. The van der Waals surface area contributed by atoms with Gasteiger partial charge < -0.3 is 10.3 Å². The van der Waals surface area contributed by atoms with Gasteiger partial charge in [-0.15, -0.1) is 0 Å². The molecule has 0 fully saturated rings. The van der Waals surface area contributed by atoms with E-state index in [0.717, 1.165) is 18.7 Å². The second kappa shape index (κ2) is 4.76. The first-order chi connectivity index (χ1) is 8.49. The zero-order valence-corrected chi connectivity index (χ0v) is 10.3. The highest BCUT2D eigenvalue weighted by atomic mass is 19.2. The van der Waals surface area contributed by atoms with E-state index in [1.165, 1.54) is 6.07 Å². The number of anilines is 1. The fourth-order valence-electron chi connectivity index (χ4n) is 1.80. The Hall–Kier alpha value is -1.91. The first-order valence-electron chi connectivity index (χ1n) is 5.75. The van der Waals surface area contributed by atoms with Crippen molar-refractivity contribution in [2.45, 2.75) is 20.4 Å². The number of nitrogens with two attached hydrogens (primary N) is 1. The number of halogens is 2. The standard InChI is InChI=1S/C13H15F2N3/c1-8(2)6-18-7-17-12(13(18)16)9-3-4-10(14)11(15)5-9/h3-5,7-8H,6,16H2,1-2H3. The van der Waals surface area contributed by atoms with Crippen molar-refractivity contribution >= 4 is 5.82 Å². The monoisotopic (exact) mass is 251 g/mol. The zero-order valence-electron chi connectivity index (χ0n) is 10.3. The lowest BCUT2D eigenvalue weighted by Crippen LogP contribution is -2.06. The Balaban J connectivity index is 2.39. The summed E-state index contributed by atoms with van der Waals surface area (Å²) < 4.78 is 27.8. The lowest BCUT2D eigenvalue weighted by atomic mass is 10.1. The van der Waals surface area contributed by atoms with Gasteiger partial charge in [0.05, 0.1) is 6.33 Å². The quantitative estimate of drug-likeness (QED) is 0.911. The van der Waals surface area contributed by atoms with Crippen LogP contribution in [0.15, 0.2) is 24.5 Å². The first kappa shape index (κ1) is 12.5. The molecular formula is C13H15F2N3. The molecular weight excluding hydrogens is 236 g/mol. The summed E-state index contributed by atoms with van der Waals surface area (Å²) in [5.74, 6) is -0.877. The first-order valence-corrected chi connectivity index (χ1v) is 5.75. The van der Waals surface area contributed by atoms with Crippen molar-refractivity contribution in [1.82, 2.24) is 9.55 Å². The van der Waals surface area contributed by atoms with E-state index in [0.29, 0.717) is 23.0 Å². The third-order valence-electron chi connectivity index (χ3n) is 2.63. The van der Waals surface area contributed by atoms with Gasteiger partial charge in [0.15, 0.2) is 11.6 Å². The molecule has 0 atom stereocenters. The average molecular weight is 251 g/mol. The highest BCUT2D eigenvalue weighted by Gasteiger charge is 2.12. The Morgan fingerprint density at radius 3 is 2.61 bits per heavy atom. The summed E-state index contributed by atoms with van der Waals surface area (Å²) in [5, 5.41) is 0. The normalized spacial score (nSPS) is 11.2. The summed E-state index contributed by atoms with van der Waals surface area (Å²) in [4.78, 5) is 4.16. The zero-order chi connectivity index (χ0) is 13.3. The maximum atomic E-state index is 13.2. The summed E-state index contributed by atoms with van der Waals surface area (Å²) in [6, 6.07) is 3.65. The predicted octanol–water partition coefficient (Wildman–Crippen LogP) is 3.07. The number of nitrogen functional groups attached to an aromatic ring is 1. The maximum Gasteiger partial charge on any atom is 0.159 e. The third-order valence-corrected chi connectivity index (χ3v) is 2.63. The van der Waals surface area contributed by atoms with Gasteiger partial charge in [0.2, 0.25) is 0 Å². The molecule has 0 aliphatic rings. The Labute approximate surface area is 104 Å². The molecule has 2 aromatic rings. The summed E-state index contributed by atoms with van der Waals surface area (Å²) in [5.41, 5.74) is 6.92. The number of imidazole rings is 1. The van der Waals surface area contributed by atoms with E-state index in [1.807, 2.05) is 0 Å². The number of nitrogens with zero attached hydrogens (tertiary/aromatic N) is 2. The van der Waals surface area contributed by atoms with Crippen LogP contribution in [0.2, 0.25) is 0 Å². The summed E-state index contributed by atoms with van der Waals surface area (Å²) in [6.45, 7) is 4.87. The fraction of sp³-hybridized carbons (Fsp3) is 0.308. The van der Waals surface area contributed by atoms with Crippen molar-refractivity contribution in [3.63, 3.8) is 0 Å². The SMILES string of the molecule is CC(C)Cn1cnc(-c2ccc(F)c(F)c2)c1N. The molecule has 0 spiro atoms. The van der Waals surface area contributed by atoms with Gasteiger partial charge in [0, 0.05) is 12.1 Å². The Kier molecular flexibility index (Phi) is 3.32. The molecule has 2 rings (SSSR count). The van der Waals surface area contributed by atoms with Crippen LogP contribution in [0.25, 0.3) is 11.3 Å². The molecule has 1 aromatic carbocycles. The minimum Gasteiger partial charge on any atom is -0.383 e. The predicted molar refractivity (Wildman–Crippen MR) is 66.8 cm³/mol. The van der Waals surface area contributed by atoms with Crippen LogP contribution in [0.1, 0.15) is 13.8 Å². The second-order valence-electron chi connectivity index (χ2n) is 4.65. The topological polar surface area (TPSA) is 43.8 Å². The van der Waals surface area contributed by atoms with Gasteiger partial charge in [-0.1, -0.05) is 13.8 Å². The number of rotatable bonds is 3. The van der Waals surface area contributed by atoms with Crippen molar-refractivity contribution in [3.8, 4) is 11.3 Å². The van der Waals surface area contributed by atoms with Crippen molar-refractivity contribution in [1.29, 1.82) is 0 Å². The largest absolute Gasteiger partial charge is 0.383 e. The number of aromatic nitrogens is 2. The summed E-state index contributed by atoms with van der Waals surface area (Å²) in [6.07, 6.45) is 1.62. The highest BCUT2D eigenvalue weighted by molar-refractivity contribution is 5.70. The van der Waals surface area contributed by atoms with Crippen LogP contribution in [0.3, 0.4) is 0 Å². The molecule has 0 aliphatic heterocycles. The molecule has 18 heavy (non-hydrogen) atoms. The molecule has 1 heterocycles. The van der Waals surface area contributed by atoms with Gasteiger partial charge in [-0.05, 0) is 24.1 Å². The molecule has 0 saturated carbocycles.